The molecule has 0 aromatic heterocycles. The Hall–Kier alpha value is 1.02. The van der Waals surface area contributed by atoms with Crippen molar-refractivity contribution in [2.45, 2.75) is 39.8 Å². The van der Waals surface area contributed by atoms with E-state index in [4.69, 9.17) is 4.74 Å². The molecule has 1 aliphatic heterocycles. The van der Waals surface area contributed by atoms with E-state index in [1.165, 1.54) is 0 Å². The molecular weight excluding hydrogens is 227 g/mol. The first-order chi connectivity index (χ1) is 5.22. The van der Waals surface area contributed by atoms with E-state index in [2.05, 4.69) is 25.8 Å². The molecule has 0 spiro atoms. The van der Waals surface area contributed by atoms with Gasteiger partial charge < -0.3 is 9.64 Å². The van der Waals surface area contributed by atoms with Crippen molar-refractivity contribution in [3.8, 4) is 0 Å². The summed E-state index contributed by atoms with van der Waals surface area (Å²) in [5.74, 6) is 0. The predicted octanol–water partition coefficient (Wildman–Crippen LogP) is 1.91. The summed E-state index contributed by atoms with van der Waals surface area (Å²) >= 11 is 0. The van der Waals surface area contributed by atoms with Crippen LogP contribution in [0.2, 0.25) is 0 Å². The maximum Gasteiger partial charge on any atom is 0.0596 e. The van der Waals surface area contributed by atoms with Crippen LogP contribution in [0.25, 0.3) is 0 Å². The van der Waals surface area contributed by atoms with Crippen molar-refractivity contribution in [3.05, 3.63) is 7.05 Å². The summed E-state index contributed by atoms with van der Waals surface area (Å²) in [6, 6.07) is 0.961. The van der Waals surface area contributed by atoms with Crippen LogP contribution in [0.5, 0.6) is 0 Å². The van der Waals surface area contributed by atoms with E-state index in [0.717, 1.165) is 13.2 Å². The summed E-state index contributed by atoms with van der Waals surface area (Å²) in [5.41, 5.74) is 0. The van der Waals surface area contributed by atoms with Crippen LogP contribution in [-0.2, 0) is 37.4 Å². The predicted molar refractivity (Wildman–Crippen MR) is 48.3 cm³/mol. The van der Waals surface area contributed by atoms with E-state index in [0.29, 0.717) is 12.1 Å². The molecule has 1 fully saturated rings. The zero-order valence-electron chi connectivity index (χ0n) is 8.71. The van der Waals surface area contributed by atoms with E-state index in [1.54, 1.807) is 0 Å². The second-order valence-electron chi connectivity index (χ2n) is 2.75. The normalized spacial score (nSPS) is 29.8. The number of nitrogens with zero attached hydrogens (tertiary/aromatic N) is 1. The van der Waals surface area contributed by atoms with Gasteiger partial charge in [-0.2, -0.15) is 0 Å². The quantitative estimate of drug-likeness (QED) is 0.606. The zero-order chi connectivity index (χ0) is 8.85. The van der Waals surface area contributed by atoms with Crippen molar-refractivity contribution in [1.29, 1.82) is 0 Å². The summed E-state index contributed by atoms with van der Waals surface area (Å²) < 4.78 is 5.28. The van der Waals surface area contributed by atoms with Gasteiger partial charge in [0.1, 0.15) is 0 Å². The molecule has 0 saturated carbocycles. The molecule has 71 valence electrons. The van der Waals surface area contributed by atoms with Crippen molar-refractivity contribution < 1.29 is 37.4 Å². The summed E-state index contributed by atoms with van der Waals surface area (Å²) in [6.45, 7) is 9.91. The van der Waals surface area contributed by atoms with Gasteiger partial charge >= 0.3 is 0 Å². The average molecular weight is 247 g/mol. The van der Waals surface area contributed by atoms with Crippen LogP contribution in [0.3, 0.4) is 0 Å². The van der Waals surface area contributed by atoms with Crippen LogP contribution in [0.15, 0.2) is 0 Å². The van der Waals surface area contributed by atoms with Crippen LogP contribution in [-0.4, -0.2) is 30.2 Å². The molecule has 0 bridgehead atoms. The molecule has 1 heterocycles. The fourth-order valence-electron chi connectivity index (χ4n) is 1.04. The third-order valence-corrected chi connectivity index (χ3v) is 1.85. The fourth-order valence-corrected chi connectivity index (χ4v) is 1.04. The van der Waals surface area contributed by atoms with Gasteiger partial charge in [-0.1, -0.05) is 13.8 Å². The summed E-state index contributed by atoms with van der Waals surface area (Å²) in [7, 11) is 3.91. The molecule has 1 rings (SSSR count). The van der Waals surface area contributed by atoms with E-state index >= 15 is 0 Å². The minimum Gasteiger partial charge on any atom is -0.451 e. The topological polar surface area (TPSA) is 12.5 Å². The summed E-state index contributed by atoms with van der Waals surface area (Å²) in [4.78, 5) is 2.10. The van der Waals surface area contributed by atoms with Gasteiger partial charge in [0.05, 0.1) is 13.2 Å². The molecule has 0 aliphatic carbocycles. The number of hydrogen-bond donors (Lipinski definition) is 0. The molecule has 0 aromatic carbocycles. The van der Waals surface area contributed by atoms with Gasteiger partial charge in [0.25, 0.3) is 0 Å². The minimum atomic E-state index is 0. The van der Waals surface area contributed by atoms with Gasteiger partial charge in [0, 0.05) is 44.8 Å². The molecule has 1 saturated heterocycles. The third-order valence-electron chi connectivity index (χ3n) is 1.85. The van der Waals surface area contributed by atoms with Crippen molar-refractivity contribution in [2.24, 2.45) is 0 Å². The van der Waals surface area contributed by atoms with Gasteiger partial charge in [-0.3, -0.25) is 7.05 Å². The van der Waals surface area contributed by atoms with Crippen LogP contribution in [0.4, 0.5) is 0 Å². The number of hydrogen-bond acceptors (Lipinski definition) is 2. The Kier molecular flexibility index (Phi) is 11.1. The van der Waals surface area contributed by atoms with E-state index in [9.17, 15) is 0 Å². The molecule has 0 aromatic rings. The monoisotopic (exact) mass is 247 g/mol. The van der Waals surface area contributed by atoms with E-state index in [-0.39, 0.29) is 32.7 Å². The van der Waals surface area contributed by atoms with Gasteiger partial charge in [0.15, 0.2) is 0 Å². The standard InChI is InChI=1S/C7H14NO.C2H6.Y/c1-6-4-9-5-7(2)8(6)3;1-2;/h6-7H,3-5H2,1-2H3;1-2H3;/q-1;;. The van der Waals surface area contributed by atoms with Crippen LogP contribution in [0, 0.1) is 7.05 Å². The van der Waals surface area contributed by atoms with Crippen LogP contribution < -0.4 is 0 Å². The SMILES string of the molecule is CC.[CH2-]N1C(C)COCC1C.[Y]. The third kappa shape index (κ3) is 4.91. The average Bonchev–Trinajstić information content (AvgIpc) is 2.04. The van der Waals surface area contributed by atoms with Crippen LogP contribution in [0.1, 0.15) is 27.7 Å². The molecule has 1 radical (unpaired) electrons. The molecule has 3 heteroatoms. The largest absolute Gasteiger partial charge is 0.451 e. The van der Waals surface area contributed by atoms with E-state index in [1.807, 2.05) is 13.8 Å². The first-order valence-electron chi connectivity index (χ1n) is 4.38. The second-order valence-corrected chi connectivity index (χ2v) is 2.75. The Balaban J connectivity index is 0. The summed E-state index contributed by atoms with van der Waals surface area (Å²) in [6.07, 6.45) is 0. The van der Waals surface area contributed by atoms with Gasteiger partial charge in [-0.15, -0.1) is 0 Å². The van der Waals surface area contributed by atoms with Crippen molar-refractivity contribution in [1.82, 2.24) is 4.90 Å². The molecule has 2 nitrogen and oxygen atoms in total. The Morgan fingerprint density at radius 2 is 1.50 bits per heavy atom. The molecule has 2 atom stereocenters. The zero-order valence-corrected chi connectivity index (χ0v) is 11.5. The number of ether oxygens (including phenoxy) is 1. The van der Waals surface area contributed by atoms with Gasteiger partial charge in [-0.25, -0.2) is 0 Å². The second kappa shape index (κ2) is 8.61. The maximum atomic E-state index is 5.28. The maximum absolute atomic E-state index is 5.28. The molecule has 0 N–H and O–H groups in total. The van der Waals surface area contributed by atoms with Crippen molar-refractivity contribution >= 4 is 0 Å². The molecule has 0 amide bonds. The Bertz CT molecular complexity index is 90.5. The van der Waals surface area contributed by atoms with Gasteiger partial charge in [0.2, 0.25) is 0 Å². The Morgan fingerprint density at radius 3 is 1.75 bits per heavy atom. The van der Waals surface area contributed by atoms with Crippen LogP contribution >= 0.6 is 0 Å². The fraction of sp³-hybridized carbons (Fsp3) is 0.889. The van der Waals surface area contributed by atoms with Gasteiger partial charge in [-0.05, 0) is 13.8 Å². The van der Waals surface area contributed by atoms with Crippen molar-refractivity contribution in [2.75, 3.05) is 13.2 Å². The summed E-state index contributed by atoms with van der Waals surface area (Å²) in [5, 5.41) is 0. The van der Waals surface area contributed by atoms with Crippen molar-refractivity contribution in [3.63, 3.8) is 0 Å². The molecule has 1 aliphatic rings. The molecular formula is C9H20NOY-. The molecule has 2 unspecified atom stereocenters. The van der Waals surface area contributed by atoms with E-state index < -0.39 is 0 Å². The minimum absolute atomic E-state index is 0. The Morgan fingerprint density at radius 1 is 1.17 bits per heavy atom. The Labute approximate surface area is 102 Å². The smallest absolute Gasteiger partial charge is 0.0596 e. The molecule has 12 heavy (non-hydrogen) atoms. The first-order valence-corrected chi connectivity index (χ1v) is 4.38. The number of morpholine rings is 1. The number of rotatable bonds is 0. The first kappa shape index (κ1) is 15.5.